The minimum atomic E-state index is -2.90. The number of amides is 2. The van der Waals surface area contributed by atoms with Gasteiger partial charge in [-0.2, -0.15) is 8.78 Å². The highest BCUT2D eigenvalue weighted by Gasteiger charge is 2.27. The van der Waals surface area contributed by atoms with Gasteiger partial charge in [0.2, 0.25) is 0 Å². The van der Waals surface area contributed by atoms with Crippen molar-refractivity contribution in [3.63, 3.8) is 0 Å². The Bertz CT molecular complexity index is 528. The molecule has 0 saturated heterocycles. The van der Waals surface area contributed by atoms with Crippen molar-refractivity contribution in [3.8, 4) is 5.75 Å². The molecule has 0 aromatic heterocycles. The van der Waals surface area contributed by atoms with Gasteiger partial charge in [0.1, 0.15) is 5.75 Å². The van der Waals surface area contributed by atoms with Crippen LogP contribution in [0.3, 0.4) is 0 Å². The lowest BCUT2D eigenvalue weighted by Crippen LogP contribution is -2.40. The van der Waals surface area contributed by atoms with E-state index in [4.69, 9.17) is 0 Å². The average molecular weight is 328 g/mol. The summed E-state index contributed by atoms with van der Waals surface area (Å²) in [5, 5.41) is 12.5. The monoisotopic (exact) mass is 328 g/mol. The van der Waals surface area contributed by atoms with Crippen molar-refractivity contribution in [2.24, 2.45) is 5.92 Å². The van der Waals surface area contributed by atoms with E-state index in [1.165, 1.54) is 11.0 Å². The molecule has 1 aromatic rings. The van der Waals surface area contributed by atoms with E-state index in [1.807, 2.05) is 0 Å². The van der Waals surface area contributed by atoms with E-state index in [2.05, 4.69) is 10.1 Å². The van der Waals surface area contributed by atoms with E-state index < -0.39 is 6.61 Å². The van der Waals surface area contributed by atoms with Gasteiger partial charge in [-0.25, -0.2) is 4.79 Å². The van der Waals surface area contributed by atoms with Crippen LogP contribution < -0.4 is 10.1 Å². The molecule has 2 N–H and O–H groups in total. The molecular weight excluding hydrogens is 306 g/mol. The number of ether oxygens (including phenoxy) is 1. The fourth-order valence-electron chi connectivity index (χ4n) is 2.83. The van der Waals surface area contributed by atoms with E-state index in [9.17, 15) is 18.7 Å². The van der Waals surface area contributed by atoms with Gasteiger partial charge in [-0.1, -0.05) is 24.6 Å². The summed E-state index contributed by atoms with van der Waals surface area (Å²) in [4.78, 5) is 13.6. The first-order valence-corrected chi connectivity index (χ1v) is 7.67. The van der Waals surface area contributed by atoms with Gasteiger partial charge < -0.3 is 20.1 Å². The number of carbonyl (C=O) groups excluding carboxylic acids is 1. The van der Waals surface area contributed by atoms with E-state index >= 15 is 0 Å². The highest BCUT2D eigenvalue weighted by molar-refractivity contribution is 5.73. The van der Waals surface area contributed by atoms with Gasteiger partial charge in [-0.3, -0.25) is 0 Å². The average Bonchev–Trinajstić information content (AvgIpc) is 2.90. The standard InChI is InChI=1S/C16H22F2N2O3/c1-20(10-12-6-4-7-13(12)21)16(22)19-9-11-5-2-3-8-14(11)23-15(17)18/h2-3,5,8,12-13,15,21H,4,6-7,9-10H2,1H3,(H,19,22). The Balaban J connectivity index is 1.86. The molecule has 1 aliphatic carbocycles. The summed E-state index contributed by atoms with van der Waals surface area (Å²) in [6, 6.07) is 6.04. The van der Waals surface area contributed by atoms with Crippen LogP contribution in [0.2, 0.25) is 0 Å². The maximum absolute atomic E-state index is 12.4. The Kier molecular flexibility index (Phi) is 6.15. The normalized spacial score (nSPS) is 20.6. The zero-order valence-electron chi connectivity index (χ0n) is 13.0. The van der Waals surface area contributed by atoms with Crippen LogP contribution in [0, 0.1) is 5.92 Å². The van der Waals surface area contributed by atoms with Crippen LogP contribution in [0.15, 0.2) is 24.3 Å². The number of halogens is 2. The van der Waals surface area contributed by atoms with Crippen molar-refractivity contribution >= 4 is 6.03 Å². The molecule has 0 aliphatic heterocycles. The molecule has 7 heteroatoms. The smallest absolute Gasteiger partial charge is 0.387 e. The van der Waals surface area contributed by atoms with Crippen molar-refractivity contribution in [2.45, 2.75) is 38.5 Å². The minimum Gasteiger partial charge on any atom is -0.434 e. The first-order valence-electron chi connectivity index (χ1n) is 7.67. The number of aliphatic hydroxyl groups excluding tert-OH is 1. The number of hydrogen-bond acceptors (Lipinski definition) is 3. The molecule has 2 atom stereocenters. The lowest BCUT2D eigenvalue weighted by atomic mass is 10.1. The fraction of sp³-hybridized carbons (Fsp3) is 0.562. The number of hydrogen-bond donors (Lipinski definition) is 2. The first kappa shape index (κ1) is 17.5. The van der Waals surface area contributed by atoms with Crippen LogP contribution in [0.4, 0.5) is 13.6 Å². The summed E-state index contributed by atoms with van der Waals surface area (Å²) in [6.45, 7) is -2.33. The summed E-state index contributed by atoms with van der Waals surface area (Å²) in [5.74, 6) is 0.150. The van der Waals surface area contributed by atoms with Gasteiger partial charge in [-0.15, -0.1) is 0 Å². The van der Waals surface area contributed by atoms with Crippen LogP contribution in [0.25, 0.3) is 0 Å². The molecule has 1 aromatic carbocycles. The molecule has 0 spiro atoms. The number of nitrogens with one attached hydrogen (secondary N) is 1. The Hall–Kier alpha value is -1.89. The number of benzene rings is 1. The lowest BCUT2D eigenvalue weighted by molar-refractivity contribution is -0.0504. The maximum atomic E-state index is 12.4. The first-order chi connectivity index (χ1) is 11.0. The van der Waals surface area contributed by atoms with Gasteiger partial charge in [0, 0.05) is 31.6 Å². The number of carbonyl (C=O) groups is 1. The predicted octanol–water partition coefficient (Wildman–Crippen LogP) is 2.59. The topological polar surface area (TPSA) is 61.8 Å². The Labute approximate surface area is 134 Å². The third-order valence-corrected chi connectivity index (χ3v) is 4.09. The summed E-state index contributed by atoms with van der Waals surface area (Å²) in [6.07, 6.45) is 2.30. The van der Waals surface area contributed by atoms with Crippen LogP contribution in [0.5, 0.6) is 5.75 Å². The van der Waals surface area contributed by atoms with Crippen molar-refractivity contribution in [1.82, 2.24) is 10.2 Å². The molecule has 0 radical (unpaired) electrons. The Morgan fingerprint density at radius 3 is 2.83 bits per heavy atom. The van der Waals surface area contributed by atoms with Crippen LogP contribution >= 0.6 is 0 Å². The SMILES string of the molecule is CN(CC1CCCC1O)C(=O)NCc1ccccc1OC(F)F. The van der Waals surface area contributed by atoms with Crippen LogP contribution in [0.1, 0.15) is 24.8 Å². The largest absolute Gasteiger partial charge is 0.434 e. The van der Waals surface area contributed by atoms with Crippen LogP contribution in [-0.2, 0) is 6.54 Å². The molecule has 2 amide bonds. The molecule has 0 heterocycles. The number of rotatable bonds is 6. The molecule has 2 rings (SSSR count). The number of para-hydroxylation sites is 1. The Morgan fingerprint density at radius 1 is 1.43 bits per heavy atom. The van der Waals surface area contributed by atoms with Crippen molar-refractivity contribution < 1.29 is 23.4 Å². The zero-order chi connectivity index (χ0) is 16.8. The quantitative estimate of drug-likeness (QED) is 0.844. The second-order valence-electron chi connectivity index (χ2n) is 5.78. The van der Waals surface area contributed by atoms with E-state index in [-0.39, 0.29) is 30.3 Å². The second-order valence-corrected chi connectivity index (χ2v) is 5.78. The summed E-state index contributed by atoms with van der Waals surface area (Å²) in [7, 11) is 1.65. The number of aliphatic hydroxyl groups is 1. The maximum Gasteiger partial charge on any atom is 0.387 e. The van der Waals surface area contributed by atoms with Crippen molar-refractivity contribution in [2.75, 3.05) is 13.6 Å². The number of nitrogens with zero attached hydrogens (tertiary/aromatic N) is 1. The highest BCUT2D eigenvalue weighted by Crippen LogP contribution is 2.26. The molecule has 0 bridgehead atoms. The van der Waals surface area contributed by atoms with E-state index in [0.717, 1.165) is 19.3 Å². The van der Waals surface area contributed by atoms with E-state index in [1.54, 1.807) is 25.2 Å². The molecule has 1 fully saturated rings. The summed E-state index contributed by atoms with van der Waals surface area (Å²) >= 11 is 0. The molecule has 23 heavy (non-hydrogen) atoms. The Morgan fingerprint density at radius 2 is 2.17 bits per heavy atom. The third-order valence-electron chi connectivity index (χ3n) is 4.09. The third kappa shape index (κ3) is 5.06. The van der Waals surface area contributed by atoms with Crippen molar-refractivity contribution in [1.29, 1.82) is 0 Å². The van der Waals surface area contributed by atoms with Gasteiger partial charge in [0.05, 0.1) is 6.10 Å². The van der Waals surface area contributed by atoms with Gasteiger partial charge in [0.15, 0.2) is 0 Å². The van der Waals surface area contributed by atoms with Crippen molar-refractivity contribution in [3.05, 3.63) is 29.8 Å². The number of urea groups is 1. The second kappa shape index (κ2) is 8.10. The van der Waals surface area contributed by atoms with Crippen LogP contribution in [-0.4, -0.2) is 42.3 Å². The molecule has 2 unspecified atom stereocenters. The van der Waals surface area contributed by atoms with Gasteiger partial charge >= 0.3 is 12.6 Å². The molecule has 1 aliphatic rings. The van der Waals surface area contributed by atoms with Gasteiger partial charge in [0.25, 0.3) is 0 Å². The number of alkyl halides is 2. The molecule has 1 saturated carbocycles. The summed E-state index contributed by atoms with van der Waals surface area (Å²) in [5.41, 5.74) is 0.482. The minimum absolute atomic E-state index is 0.0525. The lowest BCUT2D eigenvalue weighted by Gasteiger charge is -2.23. The summed E-state index contributed by atoms with van der Waals surface area (Å²) < 4.78 is 29.1. The molecule has 128 valence electrons. The van der Waals surface area contributed by atoms with E-state index in [0.29, 0.717) is 12.1 Å². The predicted molar refractivity (Wildman–Crippen MR) is 81.3 cm³/mol. The van der Waals surface area contributed by atoms with Gasteiger partial charge in [-0.05, 0) is 18.9 Å². The zero-order valence-corrected chi connectivity index (χ0v) is 13.0. The molecule has 5 nitrogen and oxygen atoms in total. The highest BCUT2D eigenvalue weighted by atomic mass is 19.3. The molecular formula is C16H22F2N2O3. The fourth-order valence-corrected chi connectivity index (χ4v) is 2.83.